The first-order chi connectivity index (χ1) is 14.9. The fourth-order valence-corrected chi connectivity index (χ4v) is 3.65. The average Bonchev–Trinajstić information content (AvgIpc) is 3.10. The molecule has 3 aromatic rings. The van der Waals surface area contributed by atoms with E-state index in [0.717, 1.165) is 22.4 Å². The largest absolute Gasteiger partial charge is 0.497 e. The van der Waals surface area contributed by atoms with E-state index in [1.165, 1.54) is 7.11 Å². The van der Waals surface area contributed by atoms with Crippen LogP contribution in [0.1, 0.15) is 23.6 Å². The number of methoxy groups -OCH3 is 2. The number of amides is 2. The SMILES string of the molecule is COc1ccc(NC(=O)[C@H]2CC(=O)Nc3c(C)c(-c4ccc(C)cc4)nn32)c(OC)c1. The number of carbonyl (C=O) groups excluding carboxylic acids is 2. The van der Waals surface area contributed by atoms with E-state index in [-0.39, 0.29) is 18.2 Å². The number of ether oxygens (including phenoxy) is 2. The van der Waals surface area contributed by atoms with Gasteiger partial charge in [0.2, 0.25) is 11.8 Å². The molecule has 8 heteroatoms. The molecule has 0 saturated heterocycles. The molecule has 8 nitrogen and oxygen atoms in total. The number of nitrogens with zero attached hydrogens (tertiary/aromatic N) is 2. The Morgan fingerprint density at radius 1 is 1.13 bits per heavy atom. The Balaban J connectivity index is 1.68. The topological polar surface area (TPSA) is 94.5 Å². The van der Waals surface area contributed by atoms with Crippen LogP contribution in [0.5, 0.6) is 11.5 Å². The Kier molecular flexibility index (Phi) is 5.37. The van der Waals surface area contributed by atoms with Crippen molar-refractivity contribution in [3.05, 3.63) is 53.6 Å². The minimum absolute atomic E-state index is 0.00817. The Bertz CT molecular complexity index is 1150. The number of rotatable bonds is 5. The third-order valence-electron chi connectivity index (χ3n) is 5.37. The van der Waals surface area contributed by atoms with E-state index in [9.17, 15) is 9.59 Å². The van der Waals surface area contributed by atoms with Crippen LogP contribution in [0.2, 0.25) is 0 Å². The average molecular weight is 420 g/mol. The highest BCUT2D eigenvalue weighted by atomic mass is 16.5. The summed E-state index contributed by atoms with van der Waals surface area (Å²) in [5.41, 5.74) is 4.11. The number of benzene rings is 2. The third-order valence-corrected chi connectivity index (χ3v) is 5.37. The second kappa shape index (κ2) is 8.14. The van der Waals surface area contributed by atoms with Crippen molar-refractivity contribution in [2.75, 3.05) is 24.9 Å². The smallest absolute Gasteiger partial charge is 0.249 e. The first-order valence-corrected chi connectivity index (χ1v) is 9.90. The lowest BCUT2D eigenvalue weighted by molar-refractivity contribution is -0.125. The summed E-state index contributed by atoms with van der Waals surface area (Å²) < 4.78 is 12.2. The van der Waals surface area contributed by atoms with E-state index >= 15 is 0 Å². The zero-order chi connectivity index (χ0) is 22.1. The number of aryl methyl sites for hydroxylation is 1. The van der Waals surface area contributed by atoms with Gasteiger partial charge in [0.05, 0.1) is 32.0 Å². The monoisotopic (exact) mass is 420 g/mol. The minimum atomic E-state index is -0.784. The van der Waals surface area contributed by atoms with E-state index in [1.807, 2.05) is 38.1 Å². The van der Waals surface area contributed by atoms with Crippen molar-refractivity contribution in [2.24, 2.45) is 0 Å². The number of hydrogen-bond acceptors (Lipinski definition) is 5. The van der Waals surface area contributed by atoms with Gasteiger partial charge in [-0.2, -0.15) is 5.10 Å². The van der Waals surface area contributed by atoms with Crippen LogP contribution in [-0.4, -0.2) is 35.8 Å². The third kappa shape index (κ3) is 3.84. The molecule has 0 saturated carbocycles. The van der Waals surface area contributed by atoms with Crippen molar-refractivity contribution in [2.45, 2.75) is 26.3 Å². The molecule has 1 aliphatic rings. The number of hydrogen-bond donors (Lipinski definition) is 2. The van der Waals surface area contributed by atoms with Crippen LogP contribution in [0, 0.1) is 13.8 Å². The summed E-state index contributed by atoms with van der Waals surface area (Å²) in [5, 5.41) is 10.4. The number of nitrogens with one attached hydrogen (secondary N) is 2. The van der Waals surface area contributed by atoms with E-state index < -0.39 is 6.04 Å². The zero-order valence-electron chi connectivity index (χ0n) is 17.9. The van der Waals surface area contributed by atoms with Crippen molar-refractivity contribution in [1.29, 1.82) is 0 Å². The minimum Gasteiger partial charge on any atom is -0.497 e. The van der Waals surface area contributed by atoms with Gasteiger partial charge in [-0.3, -0.25) is 9.59 Å². The molecular formula is C23H24N4O4. The van der Waals surface area contributed by atoms with Gasteiger partial charge in [0.1, 0.15) is 23.4 Å². The highest BCUT2D eigenvalue weighted by Crippen LogP contribution is 2.35. The Morgan fingerprint density at radius 2 is 1.87 bits per heavy atom. The van der Waals surface area contributed by atoms with Gasteiger partial charge in [0.15, 0.2) is 0 Å². The predicted molar refractivity (Wildman–Crippen MR) is 118 cm³/mol. The summed E-state index contributed by atoms with van der Waals surface area (Å²) in [5.74, 6) is 1.03. The standard InChI is InChI=1S/C23H24N4O4/c1-13-5-7-15(8-6-13)21-14(2)22-25-20(28)12-18(27(22)26-21)23(29)24-17-10-9-16(30-3)11-19(17)31-4/h5-11,18H,12H2,1-4H3,(H,24,29)(H,25,28)/t18-/m1/s1. The Hall–Kier alpha value is -3.81. The maximum Gasteiger partial charge on any atom is 0.249 e. The van der Waals surface area contributed by atoms with Gasteiger partial charge in [0.25, 0.3) is 0 Å². The van der Waals surface area contributed by atoms with Gasteiger partial charge in [0, 0.05) is 17.2 Å². The van der Waals surface area contributed by atoms with Crippen LogP contribution in [0.3, 0.4) is 0 Å². The molecule has 0 radical (unpaired) electrons. The molecule has 31 heavy (non-hydrogen) atoms. The van der Waals surface area contributed by atoms with E-state index in [0.29, 0.717) is 23.0 Å². The molecule has 0 unspecified atom stereocenters. The molecule has 2 amide bonds. The van der Waals surface area contributed by atoms with Gasteiger partial charge in [-0.15, -0.1) is 0 Å². The highest BCUT2D eigenvalue weighted by molar-refractivity contribution is 6.02. The summed E-state index contributed by atoms with van der Waals surface area (Å²) in [7, 11) is 3.07. The van der Waals surface area contributed by atoms with Crippen LogP contribution < -0.4 is 20.1 Å². The molecule has 4 rings (SSSR count). The van der Waals surface area contributed by atoms with Crippen LogP contribution >= 0.6 is 0 Å². The van der Waals surface area contributed by atoms with E-state index in [1.54, 1.807) is 30.0 Å². The first-order valence-electron chi connectivity index (χ1n) is 9.90. The molecule has 1 atom stereocenters. The molecular weight excluding hydrogens is 396 g/mol. The molecule has 2 aromatic carbocycles. The molecule has 2 N–H and O–H groups in total. The molecule has 0 spiro atoms. The lowest BCUT2D eigenvalue weighted by Gasteiger charge is -2.24. The van der Waals surface area contributed by atoms with Crippen LogP contribution in [0.15, 0.2) is 42.5 Å². The van der Waals surface area contributed by atoms with Gasteiger partial charge in [-0.05, 0) is 26.0 Å². The zero-order valence-corrected chi connectivity index (χ0v) is 17.9. The van der Waals surface area contributed by atoms with Gasteiger partial charge >= 0.3 is 0 Å². The Morgan fingerprint density at radius 3 is 2.55 bits per heavy atom. The summed E-state index contributed by atoms with van der Waals surface area (Å²) in [6.07, 6.45) is -0.00817. The number of aromatic nitrogens is 2. The van der Waals surface area contributed by atoms with Crippen LogP contribution in [0.4, 0.5) is 11.5 Å². The molecule has 1 aliphatic heterocycles. The van der Waals surface area contributed by atoms with Crippen molar-refractivity contribution in [3.63, 3.8) is 0 Å². The maximum absolute atomic E-state index is 13.2. The van der Waals surface area contributed by atoms with Crippen LogP contribution in [-0.2, 0) is 9.59 Å². The van der Waals surface area contributed by atoms with Gasteiger partial charge < -0.3 is 20.1 Å². The van der Waals surface area contributed by atoms with E-state index in [4.69, 9.17) is 9.47 Å². The summed E-state index contributed by atoms with van der Waals surface area (Å²) in [4.78, 5) is 25.5. The van der Waals surface area contributed by atoms with Gasteiger partial charge in [-0.1, -0.05) is 29.8 Å². The molecule has 1 aromatic heterocycles. The number of anilines is 2. The molecule has 2 heterocycles. The quantitative estimate of drug-likeness (QED) is 0.656. The number of fused-ring (bicyclic) bond motifs is 1. The first kappa shape index (κ1) is 20.5. The molecule has 160 valence electrons. The molecule has 0 fully saturated rings. The fraction of sp³-hybridized carbons (Fsp3) is 0.261. The second-order valence-electron chi connectivity index (χ2n) is 7.46. The maximum atomic E-state index is 13.2. The van der Waals surface area contributed by atoms with Crippen molar-refractivity contribution in [1.82, 2.24) is 9.78 Å². The van der Waals surface area contributed by atoms with E-state index in [2.05, 4.69) is 15.7 Å². The lowest BCUT2D eigenvalue weighted by atomic mass is 10.1. The summed E-state index contributed by atoms with van der Waals surface area (Å²) in [6.45, 7) is 3.91. The lowest BCUT2D eigenvalue weighted by Crippen LogP contribution is -2.36. The Labute approximate surface area is 180 Å². The van der Waals surface area contributed by atoms with Crippen molar-refractivity contribution >= 4 is 23.3 Å². The van der Waals surface area contributed by atoms with Gasteiger partial charge in [-0.25, -0.2) is 4.68 Å². The highest BCUT2D eigenvalue weighted by Gasteiger charge is 2.34. The second-order valence-corrected chi connectivity index (χ2v) is 7.46. The predicted octanol–water partition coefficient (Wildman–Crippen LogP) is 3.71. The fourth-order valence-electron chi connectivity index (χ4n) is 3.65. The summed E-state index contributed by atoms with van der Waals surface area (Å²) >= 11 is 0. The van der Waals surface area contributed by atoms with Crippen molar-refractivity contribution < 1.29 is 19.1 Å². The molecule has 0 bridgehead atoms. The summed E-state index contributed by atoms with van der Waals surface area (Å²) in [6, 6.07) is 12.3. The normalized spacial score (nSPS) is 15.1. The van der Waals surface area contributed by atoms with Crippen molar-refractivity contribution in [3.8, 4) is 22.8 Å². The molecule has 0 aliphatic carbocycles. The number of carbonyl (C=O) groups is 2. The van der Waals surface area contributed by atoms with Crippen LogP contribution in [0.25, 0.3) is 11.3 Å².